The molecule has 0 amide bonds. The molecular weight excluding hydrogens is 140 g/mol. The highest BCUT2D eigenvalue weighted by Crippen LogP contribution is 2.57. The molecule has 0 aromatic carbocycles. The molecule has 1 saturated heterocycles. The molecule has 5 atom stereocenters. The molecule has 11 heavy (non-hydrogen) atoms. The average Bonchev–Trinajstić information content (AvgIpc) is 2.47. The second-order valence-electron chi connectivity index (χ2n) is 4.26. The molecular formula is C9H12O2. The van der Waals surface area contributed by atoms with Crippen LogP contribution < -0.4 is 0 Å². The van der Waals surface area contributed by atoms with Gasteiger partial charge in [0.15, 0.2) is 0 Å². The van der Waals surface area contributed by atoms with Gasteiger partial charge in [0.1, 0.15) is 6.10 Å². The van der Waals surface area contributed by atoms with Crippen molar-refractivity contribution in [1.29, 1.82) is 0 Å². The Kier molecular flexibility index (Phi) is 0.890. The predicted molar refractivity (Wildman–Crippen MR) is 38.7 cm³/mol. The van der Waals surface area contributed by atoms with Crippen LogP contribution in [0, 0.1) is 23.7 Å². The van der Waals surface area contributed by atoms with Crippen molar-refractivity contribution >= 4 is 5.97 Å². The first-order valence-electron chi connectivity index (χ1n) is 4.48. The van der Waals surface area contributed by atoms with Gasteiger partial charge in [-0.3, -0.25) is 4.79 Å². The number of ether oxygens (including phenoxy) is 1. The molecule has 2 heteroatoms. The third kappa shape index (κ3) is 0.534. The number of rotatable bonds is 0. The second-order valence-corrected chi connectivity index (χ2v) is 4.26. The zero-order valence-electron chi connectivity index (χ0n) is 6.62. The van der Waals surface area contributed by atoms with Crippen LogP contribution in [-0.4, -0.2) is 12.1 Å². The highest BCUT2D eigenvalue weighted by atomic mass is 16.6. The van der Waals surface area contributed by atoms with Crippen molar-refractivity contribution in [1.82, 2.24) is 0 Å². The Bertz CT molecular complexity index is 222. The van der Waals surface area contributed by atoms with Crippen molar-refractivity contribution in [3.05, 3.63) is 0 Å². The van der Waals surface area contributed by atoms with Gasteiger partial charge in [0.25, 0.3) is 0 Å². The summed E-state index contributed by atoms with van der Waals surface area (Å²) in [6.45, 7) is 2.21. The first-order valence-corrected chi connectivity index (χ1v) is 4.48. The van der Waals surface area contributed by atoms with E-state index in [4.69, 9.17) is 4.74 Å². The molecule has 0 radical (unpaired) electrons. The molecule has 60 valence electrons. The van der Waals surface area contributed by atoms with E-state index in [-0.39, 0.29) is 11.9 Å². The minimum Gasteiger partial charge on any atom is -0.462 e. The zero-order valence-corrected chi connectivity index (χ0v) is 6.62. The summed E-state index contributed by atoms with van der Waals surface area (Å²) in [4.78, 5) is 11.3. The molecule has 3 rings (SSSR count). The van der Waals surface area contributed by atoms with Crippen LogP contribution in [-0.2, 0) is 9.53 Å². The SMILES string of the molecule is C[C@H]1C2CC3[C@H]1C(=O)O[C@@H]3C2. The summed E-state index contributed by atoms with van der Waals surface area (Å²) in [6, 6.07) is 0. The van der Waals surface area contributed by atoms with E-state index in [9.17, 15) is 4.79 Å². The van der Waals surface area contributed by atoms with Gasteiger partial charge in [-0.25, -0.2) is 0 Å². The summed E-state index contributed by atoms with van der Waals surface area (Å²) < 4.78 is 5.27. The first-order chi connectivity index (χ1) is 5.27. The topological polar surface area (TPSA) is 26.3 Å². The van der Waals surface area contributed by atoms with Crippen LogP contribution >= 0.6 is 0 Å². The van der Waals surface area contributed by atoms with Crippen LogP contribution in [0.5, 0.6) is 0 Å². The van der Waals surface area contributed by atoms with Gasteiger partial charge in [0.2, 0.25) is 0 Å². The van der Waals surface area contributed by atoms with Gasteiger partial charge in [-0.2, -0.15) is 0 Å². The van der Waals surface area contributed by atoms with Crippen LogP contribution in [0.15, 0.2) is 0 Å². The maximum atomic E-state index is 11.3. The molecule has 0 aromatic rings. The molecule has 2 aliphatic carbocycles. The minimum absolute atomic E-state index is 0.0903. The first kappa shape index (κ1) is 6.04. The number of carbonyl (C=O) groups is 1. The van der Waals surface area contributed by atoms with E-state index in [2.05, 4.69) is 6.92 Å². The summed E-state index contributed by atoms with van der Waals surface area (Å²) in [5.41, 5.74) is 0. The van der Waals surface area contributed by atoms with Gasteiger partial charge >= 0.3 is 5.97 Å². The van der Waals surface area contributed by atoms with Gasteiger partial charge in [-0.15, -0.1) is 0 Å². The van der Waals surface area contributed by atoms with Crippen LogP contribution in [0.3, 0.4) is 0 Å². The van der Waals surface area contributed by atoms with Crippen molar-refractivity contribution < 1.29 is 9.53 Å². The number of fused-ring (bicyclic) bond motifs is 1. The van der Waals surface area contributed by atoms with E-state index >= 15 is 0 Å². The zero-order chi connectivity index (χ0) is 7.59. The maximum absolute atomic E-state index is 11.3. The normalized spacial score (nSPS) is 58.6. The summed E-state index contributed by atoms with van der Waals surface area (Å²) in [7, 11) is 0. The standard InChI is InChI=1S/C9H12O2/c1-4-5-2-6-7(3-5)11-9(10)8(4)6/h4-8H,2-3H2,1H3/t4-,5?,6?,7+,8-/m0/s1. The molecule has 0 spiro atoms. The monoisotopic (exact) mass is 152 g/mol. The predicted octanol–water partition coefficient (Wildman–Crippen LogP) is 1.20. The third-order valence-electron chi connectivity index (χ3n) is 3.90. The molecule has 2 saturated carbocycles. The van der Waals surface area contributed by atoms with E-state index in [1.54, 1.807) is 0 Å². The molecule has 2 unspecified atom stereocenters. The molecule has 2 nitrogen and oxygen atoms in total. The molecule has 3 fully saturated rings. The fourth-order valence-corrected chi connectivity index (χ4v) is 3.31. The van der Waals surface area contributed by atoms with Crippen LogP contribution in [0.1, 0.15) is 19.8 Å². The maximum Gasteiger partial charge on any atom is 0.309 e. The van der Waals surface area contributed by atoms with Crippen molar-refractivity contribution in [2.75, 3.05) is 0 Å². The quantitative estimate of drug-likeness (QED) is 0.487. The van der Waals surface area contributed by atoms with Crippen molar-refractivity contribution in [3.63, 3.8) is 0 Å². The van der Waals surface area contributed by atoms with Crippen LogP contribution in [0.25, 0.3) is 0 Å². The summed E-state index contributed by atoms with van der Waals surface area (Å²) in [5.74, 6) is 2.36. The number of hydrogen-bond donors (Lipinski definition) is 0. The molecule has 3 aliphatic rings. The van der Waals surface area contributed by atoms with E-state index < -0.39 is 0 Å². The fourth-order valence-electron chi connectivity index (χ4n) is 3.31. The number of esters is 1. The Morgan fingerprint density at radius 3 is 2.91 bits per heavy atom. The van der Waals surface area contributed by atoms with Crippen LogP contribution in [0.4, 0.5) is 0 Å². The van der Waals surface area contributed by atoms with Gasteiger partial charge < -0.3 is 4.74 Å². The highest BCUT2D eigenvalue weighted by Gasteiger charge is 2.60. The Hall–Kier alpha value is -0.530. The van der Waals surface area contributed by atoms with Gasteiger partial charge in [-0.05, 0) is 24.7 Å². The van der Waals surface area contributed by atoms with Gasteiger partial charge in [0, 0.05) is 5.92 Å². The number of carbonyl (C=O) groups excluding carboxylic acids is 1. The smallest absolute Gasteiger partial charge is 0.309 e. The lowest BCUT2D eigenvalue weighted by molar-refractivity contribution is -0.143. The summed E-state index contributed by atoms with van der Waals surface area (Å²) in [5, 5.41) is 0. The van der Waals surface area contributed by atoms with E-state index in [1.165, 1.54) is 6.42 Å². The highest BCUT2D eigenvalue weighted by molar-refractivity contribution is 5.76. The lowest BCUT2D eigenvalue weighted by Crippen LogP contribution is -2.23. The minimum atomic E-state index is 0.0903. The Labute approximate surface area is 65.9 Å². The largest absolute Gasteiger partial charge is 0.462 e. The molecule has 2 bridgehead atoms. The van der Waals surface area contributed by atoms with E-state index in [0.717, 1.165) is 12.3 Å². The van der Waals surface area contributed by atoms with E-state index in [1.807, 2.05) is 0 Å². The Balaban J connectivity index is 2.05. The Morgan fingerprint density at radius 1 is 1.45 bits per heavy atom. The average molecular weight is 152 g/mol. The van der Waals surface area contributed by atoms with Gasteiger partial charge in [-0.1, -0.05) is 6.92 Å². The van der Waals surface area contributed by atoms with E-state index in [0.29, 0.717) is 17.9 Å². The lowest BCUT2D eigenvalue weighted by atomic mass is 9.81. The molecule has 0 aromatic heterocycles. The van der Waals surface area contributed by atoms with Crippen molar-refractivity contribution in [2.45, 2.75) is 25.9 Å². The molecule has 0 N–H and O–H groups in total. The summed E-state index contributed by atoms with van der Waals surface area (Å²) >= 11 is 0. The van der Waals surface area contributed by atoms with Gasteiger partial charge in [0.05, 0.1) is 5.92 Å². The molecule has 1 heterocycles. The fraction of sp³-hybridized carbons (Fsp3) is 0.889. The number of hydrogen-bond acceptors (Lipinski definition) is 2. The Morgan fingerprint density at radius 2 is 2.27 bits per heavy atom. The van der Waals surface area contributed by atoms with Crippen molar-refractivity contribution in [3.8, 4) is 0 Å². The third-order valence-corrected chi connectivity index (χ3v) is 3.90. The second kappa shape index (κ2) is 1.62. The lowest BCUT2D eigenvalue weighted by Gasteiger charge is -2.19. The van der Waals surface area contributed by atoms with Crippen molar-refractivity contribution in [2.24, 2.45) is 23.7 Å². The summed E-state index contributed by atoms with van der Waals surface area (Å²) in [6.07, 6.45) is 2.71. The molecule has 1 aliphatic heterocycles. The van der Waals surface area contributed by atoms with Crippen LogP contribution in [0.2, 0.25) is 0 Å².